The molecule has 1 saturated heterocycles. The standard InChI is InChI=1S/C34H37N9/c1-36-21-27(37-2)22-41-14-16-42(17-15-41)28-18-26(19-28)34-40-31(32-33(35)38-12-13-43(32)34)25-9-8-24-10-11-29(39-30(24)20-25)23-6-4-3-5-7-23/h3-13,20-21,26,28,37H,1,14-19,22H2,2H3,(H2,35,38)/b27-21-. The van der Waals surface area contributed by atoms with Gasteiger partial charge in [-0.05, 0) is 31.7 Å². The molecule has 1 aliphatic carbocycles. The summed E-state index contributed by atoms with van der Waals surface area (Å²) in [5.74, 6) is 1.95. The van der Waals surface area contributed by atoms with Crippen LogP contribution in [0.15, 0.2) is 89.9 Å². The molecular weight excluding hydrogens is 534 g/mol. The van der Waals surface area contributed by atoms with Crippen LogP contribution in [-0.2, 0) is 0 Å². The Morgan fingerprint density at radius 3 is 2.58 bits per heavy atom. The van der Waals surface area contributed by atoms with Crippen molar-refractivity contribution < 1.29 is 0 Å². The number of pyridine rings is 1. The third-order valence-corrected chi connectivity index (χ3v) is 9.01. The van der Waals surface area contributed by atoms with Crippen LogP contribution in [0.3, 0.4) is 0 Å². The molecule has 9 nitrogen and oxygen atoms in total. The Hall–Kier alpha value is -4.60. The normalized spacial score (nSPS) is 19.9. The molecule has 0 atom stereocenters. The molecule has 0 spiro atoms. The molecule has 218 valence electrons. The highest BCUT2D eigenvalue weighted by Crippen LogP contribution is 2.42. The van der Waals surface area contributed by atoms with Crippen molar-refractivity contribution >= 4 is 29.0 Å². The molecule has 2 aromatic carbocycles. The van der Waals surface area contributed by atoms with E-state index in [1.807, 2.05) is 37.6 Å². The SMILES string of the molecule is C=N/C=C(/CN1CCN(C2CC(c3nc(-c4ccc5ccc(-c6ccccc6)nc5c4)c4c(N)nccn34)C2)CC1)NC. The summed E-state index contributed by atoms with van der Waals surface area (Å²) >= 11 is 0. The summed E-state index contributed by atoms with van der Waals surface area (Å²) in [7, 11) is 1.94. The number of nitrogen functional groups attached to an aromatic ring is 1. The van der Waals surface area contributed by atoms with Gasteiger partial charge in [0.1, 0.15) is 22.9 Å². The molecule has 5 aromatic rings. The zero-order valence-corrected chi connectivity index (χ0v) is 24.5. The van der Waals surface area contributed by atoms with Gasteiger partial charge in [-0.1, -0.05) is 48.5 Å². The van der Waals surface area contributed by atoms with Crippen molar-refractivity contribution in [3.63, 3.8) is 0 Å². The smallest absolute Gasteiger partial charge is 0.150 e. The van der Waals surface area contributed by atoms with E-state index in [2.05, 4.69) is 78.7 Å². The van der Waals surface area contributed by atoms with Crippen LogP contribution < -0.4 is 11.1 Å². The van der Waals surface area contributed by atoms with E-state index in [4.69, 9.17) is 15.7 Å². The highest BCUT2D eigenvalue weighted by molar-refractivity contribution is 5.91. The Balaban J connectivity index is 1.11. The molecule has 0 bridgehead atoms. The quantitative estimate of drug-likeness (QED) is 0.258. The molecule has 0 radical (unpaired) electrons. The number of likely N-dealkylation sites (N-methyl/N-ethyl adjacent to an activating group) is 1. The first-order chi connectivity index (χ1) is 21.1. The number of anilines is 1. The molecule has 3 aromatic heterocycles. The first kappa shape index (κ1) is 27.2. The van der Waals surface area contributed by atoms with E-state index in [1.165, 1.54) is 0 Å². The van der Waals surface area contributed by atoms with Gasteiger partial charge in [-0.2, -0.15) is 0 Å². The Kier molecular flexibility index (Phi) is 7.34. The highest BCUT2D eigenvalue weighted by Gasteiger charge is 2.38. The second-order valence-electron chi connectivity index (χ2n) is 11.5. The number of nitrogens with two attached hydrogens (primary N) is 1. The number of nitrogens with one attached hydrogen (secondary N) is 1. The summed E-state index contributed by atoms with van der Waals surface area (Å²) in [5, 5.41) is 4.32. The fourth-order valence-electron chi connectivity index (χ4n) is 6.53. The van der Waals surface area contributed by atoms with E-state index in [0.717, 1.165) is 96.0 Å². The number of aliphatic imine (C=N–C) groups is 1. The lowest BCUT2D eigenvalue weighted by molar-refractivity contribution is 0.0526. The number of nitrogens with zero attached hydrogens (tertiary/aromatic N) is 7. The van der Waals surface area contributed by atoms with Crippen LogP contribution in [0, 0.1) is 0 Å². The van der Waals surface area contributed by atoms with Crippen LogP contribution in [0.1, 0.15) is 24.6 Å². The maximum atomic E-state index is 6.48. The van der Waals surface area contributed by atoms with E-state index < -0.39 is 0 Å². The van der Waals surface area contributed by atoms with Gasteiger partial charge in [0, 0.05) is 92.5 Å². The van der Waals surface area contributed by atoms with E-state index in [1.54, 1.807) is 6.20 Å². The monoisotopic (exact) mass is 571 g/mol. The van der Waals surface area contributed by atoms with Gasteiger partial charge in [0.25, 0.3) is 0 Å². The maximum absolute atomic E-state index is 6.48. The van der Waals surface area contributed by atoms with E-state index in [0.29, 0.717) is 17.8 Å². The lowest BCUT2D eigenvalue weighted by Gasteiger charge is -2.46. The average Bonchev–Trinajstić information content (AvgIpc) is 3.41. The third-order valence-electron chi connectivity index (χ3n) is 9.01. The molecule has 43 heavy (non-hydrogen) atoms. The topological polar surface area (TPSA) is 100.0 Å². The molecule has 4 heterocycles. The Morgan fingerprint density at radius 2 is 1.81 bits per heavy atom. The molecule has 0 amide bonds. The van der Waals surface area contributed by atoms with Crippen molar-refractivity contribution in [1.29, 1.82) is 0 Å². The molecule has 7 rings (SSSR count). The van der Waals surface area contributed by atoms with Gasteiger partial charge in [0.05, 0.1) is 11.2 Å². The Labute approximate surface area is 251 Å². The van der Waals surface area contributed by atoms with Crippen molar-refractivity contribution in [3.8, 4) is 22.5 Å². The number of benzene rings is 2. The summed E-state index contributed by atoms with van der Waals surface area (Å²) in [6.45, 7) is 8.73. The molecule has 2 fully saturated rings. The minimum Gasteiger partial charge on any atom is -0.389 e. The minimum absolute atomic E-state index is 0.381. The predicted octanol–water partition coefficient (Wildman–Crippen LogP) is 4.82. The summed E-state index contributed by atoms with van der Waals surface area (Å²) in [6, 6.07) is 21.4. The molecule has 0 unspecified atom stereocenters. The minimum atomic E-state index is 0.381. The number of hydrogen-bond donors (Lipinski definition) is 2. The highest BCUT2D eigenvalue weighted by atomic mass is 15.3. The van der Waals surface area contributed by atoms with Gasteiger partial charge in [0.15, 0.2) is 0 Å². The van der Waals surface area contributed by atoms with Gasteiger partial charge < -0.3 is 11.1 Å². The van der Waals surface area contributed by atoms with Gasteiger partial charge in [-0.3, -0.25) is 19.2 Å². The van der Waals surface area contributed by atoms with Gasteiger partial charge in [-0.15, -0.1) is 0 Å². The molecule has 2 aliphatic rings. The van der Waals surface area contributed by atoms with Crippen molar-refractivity contribution in [2.45, 2.75) is 24.8 Å². The van der Waals surface area contributed by atoms with Crippen molar-refractivity contribution in [2.24, 2.45) is 4.99 Å². The third kappa shape index (κ3) is 5.26. The van der Waals surface area contributed by atoms with Crippen LogP contribution in [0.4, 0.5) is 5.82 Å². The van der Waals surface area contributed by atoms with E-state index in [-0.39, 0.29) is 0 Å². The van der Waals surface area contributed by atoms with Crippen LogP contribution in [0.5, 0.6) is 0 Å². The van der Waals surface area contributed by atoms with E-state index in [9.17, 15) is 0 Å². The van der Waals surface area contributed by atoms with E-state index >= 15 is 0 Å². The zero-order valence-electron chi connectivity index (χ0n) is 24.5. The van der Waals surface area contributed by atoms with Gasteiger partial charge >= 0.3 is 0 Å². The number of piperazine rings is 1. The zero-order chi connectivity index (χ0) is 29.3. The largest absolute Gasteiger partial charge is 0.389 e. The van der Waals surface area contributed by atoms with Crippen molar-refractivity contribution in [2.75, 3.05) is 45.5 Å². The summed E-state index contributed by atoms with van der Waals surface area (Å²) in [5.41, 5.74) is 13.3. The Morgan fingerprint density at radius 1 is 1.02 bits per heavy atom. The summed E-state index contributed by atoms with van der Waals surface area (Å²) in [6.07, 6.45) is 7.79. The summed E-state index contributed by atoms with van der Waals surface area (Å²) in [4.78, 5) is 23.7. The second kappa shape index (κ2) is 11.6. The second-order valence-corrected chi connectivity index (χ2v) is 11.5. The van der Waals surface area contributed by atoms with Crippen LogP contribution in [0.2, 0.25) is 0 Å². The fourth-order valence-corrected chi connectivity index (χ4v) is 6.53. The van der Waals surface area contributed by atoms with Crippen LogP contribution in [0.25, 0.3) is 38.9 Å². The summed E-state index contributed by atoms with van der Waals surface area (Å²) < 4.78 is 2.16. The lowest BCUT2D eigenvalue weighted by atomic mass is 9.78. The first-order valence-electron chi connectivity index (χ1n) is 15.0. The van der Waals surface area contributed by atoms with Gasteiger partial charge in [-0.25, -0.2) is 15.0 Å². The average molecular weight is 572 g/mol. The molecule has 1 aliphatic heterocycles. The van der Waals surface area contributed by atoms with Crippen LogP contribution in [-0.4, -0.2) is 81.7 Å². The van der Waals surface area contributed by atoms with Crippen molar-refractivity contribution in [3.05, 3.63) is 90.8 Å². The molecule has 9 heteroatoms. The first-order valence-corrected chi connectivity index (χ1v) is 15.0. The molecule has 3 N–H and O–H groups in total. The van der Waals surface area contributed by atoms with Crippen LogP contribution >= 0.6 is 0 Å². The molecular formula is C34H37N9. The van der Waals surface area contributed by atoms with Crippen molar-refractivity contribution in [1.82, 2.24) is 34.5 Å². The number of aromatic nitrogens is 4. The number of fused-ring (bicyclic) bond motifs is 2. The van der Waals surface area contributed by atoms with Gasteiger partial charge in [0.2, 0.25) is 0 Å². The Bertz CT molecular complexity index is 1800. The predicted molar refractivity (Wildman–Crippen MR) is 174 cm³/mol. The molecule has 1 saturated carbocycles. The lowest BCUT2D eigenvalue weighted by Crippen LogP contribution is -2.54. The number of hydrogen-bond acceptors (Lipinski definition) is 8. The fraction of sp³-hybridized carbons (Fsp3) is 0.294. The maximum Gasteiger partial charge on any atom is 0.150 e. The number of imidazole rings is 1. The number of rotatable bonds is 8.